The maximum absolute atomic E-state index is 6.22. The van der Waals surface area contributed by atoms with Gasteiger partial charge in [0.05, 0.1) is 7.85 Å². The van der Waals surface area contributed by atoms with Crippen LogP contribution < -0.4 is 0 Å². The van der Waals surface area contributed by atoms with E-state index in [0.29, 0.717) is 0 Å². The van der Waals surface area contributed by atoms with Crippen LogP contribution in [0.4, 0.5) is 0 Å². The normalized spacial score (nSPS) is 40.0. The molecular formula is C10H19B. The van der Waals surface area contributed by atoms with Gasteiger partial charge in [0.15, 0.2) is 0 Å². The van der Waals surface area contributed by atoms with E-state index in [4.69, 9.17) is 7.85 Å². The van der Waals surface area contributed by atoms with E-state index in [1.807, 2.05) is 0 Å². The Labute approximate surface area is 72.2 Å². The lowest BCUT2D eigenvalue weighted by Crippen LogP contribution is -2.10. The molecule has 0 spiro atoms. The van der Waals surface area contributed by atoms with E-state index in [2.05, 4.69) is 13.8 Å². The first-order valence-corrected chi connectivity index (χ1v) is 4.95. The zero-order chi connectivity index (χ0) is 8.32. The second-order valence-corrected chi connectivity index (χ2v) is 4.25. The summed E-state index contributed by atoms with van der Waals surface area (Å²) >= 11 is 0. The molecule has 0 bridgehead atoms. The third kappa shape index (κ3) is 2.54. The summed E-state index contributed by atoms with van der Waals surface area (Å²) in [6.45, 7) is 4.57. The van der Waals surface area contributed by atoms with Crippen molar-refractivity contribution in [3.05, 3.63) is 0 Å². The predicted octanol–water partition coefficient (Wildman–Crippen LogP) is 3.32. The minimum absolute atomic E-state index is 0.185. The van der Waals surface area contributed by atoms with Crippen LogP contribution in [0.25, 0.3) is 0 Å². The van der Waals surface area contributed by atoms with Crippen LogP contribution in [-0.2, 0) is 0 Å². The topological polar surface area (TPSA) is 0 Å². The fourth-order valence-electron chi connectivity index (χ4n) is 1.96. The second-order valence-electron chi connectivity index (χ2n) is 4.25. The number of rotatable bonds is 1. The molecule has 0 aromatic heterocycles. The van der Waals surface area contributed by atoms with Gasteiger partial charge >= 0.3 is 0 Å². The highest BCUT2D eigenvalue weighted by atomic mass is 14.3. The van der Waals surface area contributed by atoms with Crippen LogP contribution in [0.1, 0.15) is 52.4 Å². The van der Waals surface area contributed by atoms with Crippen LogP contribution in [0.5, 0.6) is 0 Å². The molecule has 0 N–H and O–H groups in total. The van der Waals surface area contributed by atoms with Crippen LogP contribution in [0.3, 0.4) is 0 Å². The zero-order valence-electron chi connectivity index (χ0n) is 7.90. The van der Waals surface area contributed by atoms with E-state index < -0.39 is 0 Å². The standard InChI is InChI=1S/C10H19B/c1-3-10(11)7-4-5-9(2)6-8-10/h9H,3-8H2,1-2H3. The molecule has 1 fully saturated rings. The molecule has 1 rings (SSSR count). The molecule has 0 aromatic rings. The Hall–Kier alpha value is 0.0649. The van der Waals surface area contributed by atoms with E-state index in [9.17, 15) is 0 Å². The summed E-state index contributed by atoms with van der Waals surface area (Å²) in [5.41, 5.74) is 0. The highest BCUT2D eigenvalue weighted by molar-refractivity contribution is 6.15. The van der Waals surface area contributed by atoms with Crippen LogP contribution in [0.15, 0.2) is 0 Å². The van der Waals surface area contributed by atoms with Gasteiger partial charge < -0.3 is 0 Å². The lowest BCUT2D eigenvalue weighted by atomic mass is 9.62. The van der Waals surface area contributed by atoms with Crippen LogP contribution in [0, 0.1) is 5.92 Å². The Bertz CT molecular complexity index is 122. The molecule has 11 heavy (non-hydrogen) atoms. The Morgan fingerprint density at radius 1 is 1.36 bits per heavy atom. The van der Waals surface area contributed by atoms with E-state index >= 15 is 0 Å². The van der Waals surface area contributed by atoms with Gasteiger partial charge in [-0.1, -0.05) is 57.7 Å². The molecule has 0 amide bonds. The molecule has 2 atom stereocenters. The average molecular weight is 150 g/mol. The molecular weight excluding hydrogens is 131 g/mol. The Morgan fingerprint density at radius 3 is 2.73 bits per heavy atom. The summed E-state index contributed by atoms with van der Waals surface area (Å²) in [5.74, 6) is 0.909. The van der Waals surface area contributed by atoms with Gasteiger partial charge in [-0.15, -0.1) is 0 Å². The highest BCUT2D eigenvalue weighted by Gasteiger charge is 2.24. The van der Waals surface area contributed by atoms with Gasteiger partial charge in [0.1, 0.15) is 0 Å². The first-order chi connectivity index (χ1) is 5.16. The smallest absolute Gasteiger partial charge is 0.0663 e. The van der Waals surface area contributed by atoms with Gasteiger partial charge in [-0.3, -0.25) is 0 Å². The van der Waals surface area contributed by atoms with Crippen molar-refractivity contribution in [1.82, 2.24) is 0 Å². The minimum atomic E-state index is 0.185. The summed E-state index contributed by atoms with van der Waals surface area (Å²) in [6.07, 6.45) is 7.70. The summed E-state index contributed by atoms with van der Waals surface area (Å²) in [4.78, 5) is 0. The van der Waals surface area contributed by atoms with Gasteiger partial charge in [-0.05, 0) is 5.92 Å². The summed E-state index contributed by atoms with van der Waals surface area (Å²) in [7, 11) is 6.22. The van der Waals surface area contributed by atoms with Crippen LogP contribution in [-0.4, -0.2) is 7.85 Å². The monoisotopic (exact) mass is 150 g/mol. The molecule has 1 aliphatic rings. The fourth-order valence-corrected chi connectivity index (χ4v) is 1.96. The van der Waals surface area contributed by atoms with Gasteiger partial charge in [0.25, 0.3) is 0 Å². The minimum Gasteiger partial charge on any atom is -0.0663 e. The maximum atomic E-state index is 6.22. The molecule has 0 aromatic carbocycles. The molecule has 0 heterocycles. The average Bonchev–Trinajstić information content (AvgIpc) is 2.15. The van der Waals surface area contributed by atoms with E-state index in [0.717, 1.165) is 12.3 Å². The van der Waals surface area contributed by atoms with Crippen LogP contribution in [0.2, 0.25) is 5.31 Å². The summed E-state index contributed by atoms with van der Waals surface area (Å²) < 4.78 is 0. The van der Waals surface area contributed by atoms with E-state index in [-0.39, 0.29) is 5.31 Å². The zero-order valence-corrected chi connectivity index (χ0v) is 7.90. The second kappa shape index (κ2) is 3.64. The molecule has 62 valence electrons. The first kappa shape index (κ1) is 9.16. The number of hydrogen-bond acceptors (Lipinski definition) is 0. The molecule has 0 nitrogen and oxygen atoms in total. The van der Waals surface area contributed by atoms with Gasteiger partial charge in [0.2, 0.25) is 0 Å². The molecule has 2 unspecified atom stereocenters. The summed E-state index contributed by atoms with van der Waals surface area (Å²) in [5, 5.41) is 0.185. The highest BCUT2D eigenvalue weighted by Crippen LogP contribution is 2.42. The Balaban J connectivity index is 2.45. The molecule has 2 radical (unpaired) electrons. The van der Waals surface area contributed by atoms with Crippen molar-refractivity contribution in [2.45, 2.75) is 57.7 Å². The molecule has 0 saturated heterocycles. The summed E-state index contributed by atoms with van der Waals surface area (Å²) in [6, 6.07) is 0. The fraction of sp³-hybridized carbons (Fsp3) is 1.00. The molecule has 1 saturated carbocycles. The van der Waals surface area contributed by atoms with Gasteiger partial charge in [0, 0.05) is 0 Å². The van der Waals surface area contributed by atoms with Crippen molar-refractivity contribution in [3.63, 3.8) is 0 Å². The SMILES string of the molecule is [B]C1(CC)CCCC(C)CC1. The maximum Gasteiger partial charge on any atom is 0.0746 e. The lowest BCUT2D eigenvalue weighted by Gasteiger charge is -2.26. The van der Waals surface area contributed by atoms with E-state index in [1.165, 1.54) is 32.1 Å². The van der Waals surface area contributed by atoms with Crippen molar-refractivity contribution in [2.75, 3.05) is 0 Å². The quantitative estimate of drug-likeness (QED) is 0.397. The predicted molar refractivity (Wildman–Crippen MR) is 51.0 cm³/mol. The third-order valence-corrected chi connectivity index (χ3v) is 3.21. The molecule has 1 heteroatoms. The van der Waals surface area contributed by atoms with Gasteiger partial charge in [-0.2, -0.15) is 0 Å². The van der Waals surface area contributed by atoms with Crippen molar-refractivity contribution < 1.29 is 0 Å². The number of hydrogen-bond donors (Lipinski definition) is 0. The van der Waals surface area contributed by atoms with Crippen molar-refractivity contribution in [3.8, 4) is 0 Å². The third-order valence-electron chi connectivity index (χ3n) is 3.21. The van der Waals surface area contributed by atoms with Crippen molar-refractivity contribution >= 4 is 7.85 Å². The Kier molecular flexibility index (Phi) is 3.03. The van der Waals surface area contributed by atoms with Gasteiger partial charge in [-0.25, -0.2) is 0 Å². The van der Waals surface area contributed by atoms with Crippen LogP contribution >= 0.6 is 0 Å². The Morgan fingerprint density at radius 2 is 2.09 bits per heavy atom. The lowest BCUT2D eigenvalue weighted by molar-refractivity contribution is 0.455. The largest absolute Gasteiger partial charge is 0.0746 e. The first-order valence-electron chi connectivity index (χ1n) is 4.95. The van der Waals surface area contributed by atoms with Crippen molar-refractivity contribution in [1.29, 1.82) is 0 Å². The molecule has 0 aliphatic heterocycles. The molecule has 1 aliphatic carbocycles. The van der Waals surface area contributed by atoms with Crippen molar-refractivity contribution in [2.24, 2.45) is 5.92 Å². The van der Waals surface area contributed by atoms with E-state index in [1.54, 1.807) is 0 Å².